The standard InChI is InChI=1S/C21H26N4O2/c1-15-17(21(27)24(2)3)14-22-20(23-15)18-11-7-8-12-25(18)19(26)13-16-9-5-4-6-10-16/h4-6,9-10,14,18H,7-8,11-13H2,1-3H3/t18-/m0/s1. The van der Waals surface area contributed by atoms with E-state index in [1.807, 2.05) is 42.2 Å². The second-order valence-electron chi connectivity index (χ2n) is 7.19. The van der Waals surface area contributed by atoms with Crippen LogP contribution in [0, 0.1) is 6.92 Å². The molecule has 1 aromatic heterocycles. The van der Waals surface area contributed by atoms with Gasteiger partial charge in [0.05, 0.1) is 23.7 Å². The lowest BCUT2D eigenvalue weighted by molar-refractivity contribution is -0.134. The van der Waals surface area contributed by atoms with E-state index in [0.29, 0.717) is 23.5 Å². The van der Waals surface area contributed by atoms with Crippen LogP contribution >= 0.6 is 0 Å². The summed E-state index contributed by atoms with van der Waals surface area (Å²) < 4.78 is 0. The van der Waals surface area contributed by atoms with Gasteiger partial charge in [-0.05, 0) is 31.7 Å². The molecule has 2 heterocycles. The first-order chi connectivity index (χ1) is 13.0. The smallest absolute Gasteiger partial charge is 0.256 e. The summed E-state index contributed by atoms with van der Waals surface area (Å²) >= 11 is 0. The summed E-state index contributed by atoms with van der Waals surface area (Å²) in [7, 11) is 3.42. The van der Waals surface area contributed by atoms with E-state index in [1.165, 1.54) is 4.90 Å². The number of benzene rings is 1. The average molecular weight is 366 g/mol. The largest absolute Gasteiger partial charge is 0.345 e. The summed E-state index contributed by atoms with van der Waals surface area (Å²) in [6.07, 6.45) is 4.86. The molecular formula is C21H26N4O2. The number of carbonyl (C=O) groups excluding carboxylic acids is 2. The van der Waals surface area contributed by atoms with Crippen molar-refractivity contribution < 1.29 is 9.59 Å². The Hall–Kier alpha value is -2.76. The molecule has 0 bridgehead atoms. The Morgan fingerprint density at radius 2 is 1.93 bits per heavy atom. The topological polar surface area (TPSA) is 66.4 Å². The van der Waals surface area contributed by atoms with Gasteiger partial charge in [-0.1, -0.05) is 30.3 Å². The Labute approximate surface area is 160 Å². The molecule has 0 unspecified atom stereocenters. The molecule has 2 aromatic rings. The van der Waals surface area contributed by atoms with Crippen molar-refractivity contribution in [1.29, 1.82) is 0 Å². The minimum atomic E-state index is -0.128. The lowest BCUT2D eigenvalue weighted by Crippen LogP contribution is -2.40. The number of hydrogen-bond acceptors (Lipinski definition) is 4. The van der Waals surface area contributed by atoms with Gasteiger partial charge >= 0.3 is 0 Å². The summed E-state index contributed by atoms with van der Waals surface area (Å²) in [5.74, 6) is 0.615. The average Bonchev–Trinajstić information content (AvgIpc) is 2.68. The van der Waals surface area contributed by atoms with E-state index >= 15 is 0 Å². The predicted octanol–water partition coefficient (Wildman–Crippen LogP) is 2.78. The Balaban J connectivity index is 1.82. The zero-order chi connectivity index (χ0) is 19.4. The summed E-state index contributed by atoms with van der Waals surface area (Å²) in [6, 6.07) is 9.66. The normalized spacial score (nSPS) is 16.9. The summed E-state index contributed by atoms with van der Waals surface area (Å²) in [5.41, 5.74) is 2.16. The second kappa shape index (κ2) is 8.29. The van der Waals surface area contributed by atoms with Crippen LogP contribution in [0.1, 0.15) is 52.7 Å². The van der Waals surface area contributed by atoms with E-state index in [4.69, 9.17) is 0 Å². The molecular weight excluding hydrogens is 340 g/mol. The van der Waals surface area contributed by atoms with Crippen molar-refractivity contribution in [3.63, 3.8) is 0 Å². The molecule has 1 saturated heterocycles. The Morgan fingerprint density at radius 1 is 1.19 bits per heavy atom. The molecule has 27 heavy (non-hydrogen) atoms. The molecule has 1 aromatic carbocycles. The van der Waals surface area contributed by atoms with Crippen molar-refractivity contribution in [2.45, 2.75) is 38.6 Å². The van der Waals surface area contributed by atoms with Gasteiger partial charge in [-0.2, -0.15) is 0 Å². The van der Waals surface area contributed by atoms with Gasteiger partial charge in [-0.15, -0.1) is 0 Å². The zero-order valence-corrected chi connectivity index (χ0v) is 16.2. The maximum atomic E-state index is 12.9. The van der Waals surface area contributed by atoms with Crippen LogP contribution in [0.25, 0.3) is 0 Å². The van der Waals surface area contributed by atoms with Crippen LogP contribution in [0.15, 0.2) is 36.5 Å². The molecule has 1 aliphatic rings. The van der Waals surface area contributed by atoms with Gasteiger partial charge in [0.15, 0.2) is 5.82 Å². The molecule has 0 radical (unpaired) electrons. The van der Waals surface area contributed by atoms with Crippen molar-refractivity contribution in [3.8, 4) is 0 Å². The molecule has 2 amide bonds. The van der Waals surface area contributed by atoms with Crippen molar-refractivity contribution >= 4 is 11.8 Å². The molecule has 6 nitrogen and oxygen atoms in total. The highest BCUT2D eigenvalue weighted by atomic mass is 16.2. The number of likely N-dealkylation sites (tertiary alicyclic amines) is 1. The number of hydrogen-bond donors (Lipinski definition) is 0. The highest BCUT2D eigenvalue weighted by Gasteiger charge is 2.30. The Kier molecular flexibility index (Phi) is 5.84. The number of carbonyl (C=O) groups is 2. The quantitative estimate of drug-likeness (QED) is 0.834. The lowest BCUT2D eigenvalue weighted by atomic mass is 9.99. The highest BCUT2D eigenvalue weighted by molar-refractivity contribution is 5.94. The first kappa shape index (κ1) is 19.0. The van der Waals surface area contributed by atoms with Gasteiger partial charge in [0.1, 0.15) is 0 Å². The lowest BCUT2D eigenvalue weighted by Gasteiger charge is -2.35. The van der Waals surface area contributed by atoms with E-state index in [0.717, 1.165) is 31.4 Å². The van der Waals surface area contributed by atoms with Gasteiger partial charge in [-0.25, -0.2) is 9.97 Å². The highest BCUT2D eigenvalue weighted by Crippen LogP contribution is 2.29. The van der Waals surface area contributed by atoms with Gasteiger partial charge in [-0.3, -0.25) is 9.59 Å². The van der Waals surface area contributed by atoms with Crippen LogP contribution in [-0.4, -0.2) is 52.2 Å². The minimum absolute atomic E-state index is 0.0978. The first-order valence-electron chi connectivity index (χ1n) is 9.36. The third-order valence-corrected chi connectivity index (χ3v) is 4.95. The maximum Gasteiger partial charge on any atom is 0.256 e. The molecule has 1 atom stereocenters. The number of rotatable bonds is 4. The van der Waals surface area contributed by atoms with Crippen molar-refractivity contribution in [2.75, 3.05) is 20.6 Å². The molecule has 0 N–H and O–H groups in total. The summed E-state index contributed by atoms with van der Waals surface area (Å²) in [4.78, 5) is 37.6. The van der Waals surface area contributed by atoms with Gasteiger partial charge in [0.2, 0.25) is 5.91 Å². The molecule has 0 spiro atoms. The molecule has 6 heteroatoms. The molecule has 142 valence electrons. The van der Waals surface area contributed by atoms with Gasteiger partial charge in [0, 0.05) is 26.8 Å². The van der Waals surface area contributed by atoms with E-state index in [1.54, 1.807) is 20.3 Å². The van der Waals surface area contributed by atoms with Crippen LogP contribution < -0.4 is 0 Å². The number of piperidine rings is 1. The molecule has 0 aliphatic carbocycles. The molecule has 1 fully saturated rings. The van der Waals surface area contributed by atoms with E-state index in [-0.39, 0.29) is 17.9 Å². The molecule has 3 rings (SSSR count). The third-order valence-electron chi connectivity index (χ3n) is 4.95. The fraction of sp³-hybridized carbons (Fsp3) is 0.429. The van der Waals surface area contributed by atoms with E-state index < -0.39 is 0 Å². The minimum Gasteiger partial charge on any atom is -0.345 e. The van der Waals surface area contributed by atoms with Crippen molar-refractivity contribution in [1.82, 2.24) is 19.8 Å². The van der Waals surface area contributed by atoms with Crippen LogP contribution in [0.5, 0.6) is 0 Å². The fourth-order valence-corrected chi connectivity index (χ4v) is 3.47. The van der Waals surface area contributed by atoms with Gasteiger partial charge in [0.25, 0.3) is 5.91 Å². The summed E-state index contributed by atoms with van der Waals surface area (Å²) in [5, 5.41) is 0. The maximum absolute atomic E-state index is 12.9. The van der Waals surface area contributed by atoms with Crippen LogP contribution in [0.4, 0.5) is 0 Å². The number of nitrogens with zero attached hydrogens (tertiary/aromatic N) is 4. The fourth-order valence-electron chi connectivity index (χ4n) is 3.47. The number of aromatic nitrogens is 2. The zero-order valence-electron chi connectivity index (χ0n) is 16.2. The van der Waals surface area contributed by atoms with Crippen LogP contribution in [-0.2, 0) is 11.2 Å². The molecule has 1 aliphatic heterocycles. The van der Waals surface area contributed by atoms with Crippen LogP contribution in [0.3, 0.4) is 0 Å². The first-order valence-corrected chi connectivity index (χ1v) is 9.36. The monoisotopic (exact) mass is 366 g/mol. The Bertz CT molecular complexity index is 820. The number of aryl methyl sites for hydroxylation is 1. The SMILES string of the molecule is Cc1nc([C@@H]2CCCCN2C(=O)Cc2ccccc2)ncc1C(=O)N(C)C. The van der Waals surface area contributed by atoms with Crippen molar-refractivity contribution in [2.24, 2.45) is 0 Å². The Morgan fingerprint density at radius 3 is 2.59 bits per heavy atom. The molecule has 0 saturated carbocycles. The van der Waals surface area contributed by atoms with Crippen LogP contribution in [0.2, 0.25) is 0 Å². The predicted molar refractivity (Wildman–Crippen MR) is 103 cm³/mol. The van der Waals surface area contributed by atoms with Crippen molar-refractivity contribution in [3.05, 3.63) is 59.2 Å². The second-order valence-corrected chi connectivity index (χ2v) is 7.19. The van der Waals surface area contributed by atoms with Gasteiger partial charge < -0.3 is 9.80 Å². The van der Waals surface area contributed by atoms with E-state index in [9.17, 15) is 9.59 Å². The number of amides is 2. The third kappa shape index (κ3) is 4.32. The summed E-state index contributed by atoms with van der Waals surface area (Å²) in [6.45, 7) is 2.54. The van der Waals surface area contributed by atoms with E-state index in [2.05, 4.69) is 9.97 Å².